The summed E-state index contributed by atoms with van der Waals surface area (Å²) in [4.78, 5) is 0. The lowest BCUT2D eigenvalue weighted by molar-refractivity contribution is -0.0290. The Hall–Kier alpha value is -0.230. The van der Waals surface area contributed by atoms with E-state index in [4.69, 9.17) is 73.2 Å². The summed E-state index contributed by atoms with van der Waals surface area (Å²) >= 11 is 5.66. The zero-order chi connectivity index (χ0) is 35.9. The van der Waals surface area contributed by atoms with Crippen molar-refractivity contribution in [1.82, 2.24) is 0 Å². The van der Waals surface area contributed by atoms with Crippen LogP contribution in [0.4, 0.5) is 0 Å². The smallest absolute Gasteiger partial charge is 0.0701 e. The molecule has 0 aromatic carbocycles. The summed E-state index contributed by atoms with van der Waals surface area (Å²) in [6, 6.07) is 0. The molecule has 0 aliphatic rings. The molecule has 0 rings (SSSR count). The molecule has 0 atom stereocenters. The molecule has 0 amide bonds. The Balaban J connectivity index is 3.04. The van der Waals surface area contributed by atoms with E-state index in [9.17, 15) is 0 Å². The van der Waals surface area contributed by atoms with Crippen LogP contribution in [0.1, 0.15) is 58.3 Å². The highest BCUT2D eigenvalue weighted by Gasteiger charge is 1.97. The molecule has 0 aliphatic heterocycles. The van der Waals surface area contributed by atoms with Gasteiger partial charge in [0.25, 0.3) is 0 Å². The van der Waals surface area contributed by atoms with Crippen molar-refractivity contribution in [3.05, 3.63) is 0 Å². The molecule has 50 heavy (non-hydrogen) atoms. The van der Waals surface area contributed by atoms with Crippen LogP contribution in [0.25, 0.3) is 0 Å². The first-order valence-electron chi connectivity index (χ1n) is 19.0. The molecule has 0 bridgehead atoms. The van der Waals surface area contributed by atoms with E-state index >= 15 is 0 Å². The molecule has 0 radical (unpaired) electrons. The van der Waals surface area contributed by atoms with Gasteiger partial charge in [0, 0.05) is 19.1 Å². The van der Waals surface area contributed by atoms with E-state index in [1.807, 2.05) is 0 Å². The summed E-state index contributed by atoms with van der Waals surface area (Å²) in [6.07, 6.45) is 9.39. The molecule has 0 aromatic heterocycles. The third-order valence-corrected chi connectivity index (χ3v) is 7.05. The average molecular weight is 749 g/mol. The van der Waals surface area contributed by atoms with Gasteiger partial charge in [0.2, 0.25) is 0 Å². The second-order valence-electron chi connectivity index (χ2n) is 11.1. The molecule has 0 aliphatic carbocycles. The van der Waals surface area contributed by atoms with Gasteiger partial charge in [-0.3, -0.25) is 0 Å². The maximum atomic E-state index is 5.66. The number of halogens is 1. The minimum absolute atomic E-state index is 0.514. The van der Waals surface area contributed by atoms with E-state index in [0.717, 1.165) is 38.4 Å². The largest absolute Gasteiger partial charge is 0.379 e. The maximum Gasteiger partial charge on any atom is 0.0701 e. The highest BCUT2D eigenvalue weighted by atomic mass is 35.5. The van der Waals surface area contributed by atoms with Crippen molar-refractivity contribution in [2.24, 2.45) is 0 Å². The summed E-state index contributed by atoms with van der Waals surface area (Å²) in [5.74, 6) is 0.744. The van der Waals surface area contributed by atoms with Crippen molar-refractivity contribution in [2.45, 2.75) is 58.3 Å². The zero-order valence-electron chi connectivity index (χ0n) is 31.4. The van der Waals surface area contributed by atoms with Crippen molar-refractivity contribution >= 4 is 11.6 Å². The van der Waals surface area contributed by atoms with E-state index in [0.29, 0.717) is 159 Å². The Morgan fingerprint density at radius 3 is 0.600 bits per heavy atom. The number of hydrogen-bond donors (Lipinski definition) is 0. The Bertz CT molecular complexity index is 536. The first-order valence-corrected chi connectivity index (χ1v) is 19.5. The molecule has 13 nitrogen and oxygen atoms in total. The van der Waals surface area contributed by atoms with Crippen LogP contribution in [-0.2, 0) is 61.6 Å². The molecule has 0 fully saturated rings. The molecule has 0 aromatic rings. The molecular formula is C36H73ClO13. The second kappa shape index (κ2) is 48.8. The Labute approximate surface area is 308 Å². The predicted molar refractivity (Wildman–Crippen MR) is 194 cm³/mol. The van der Waals surface area contributed by atoms with Gasteiger partial charge in [-0.1, -0.05) is 39.0 Å². The van der Waals surface area contributed by atoms with Crippen molar-refractivity contribution in [1.29, 1.82) is 0 Å². The van der Waals surface area contributed by atoms with Crippen molar-refractivity contribution in [2.75, 3.05) is 178 Å². The third kappa shape index (κ3) is 47.8. The van der Waals surface area contributed by atoms with E-state index in [-0.39, 0.29) is 0 Å². The van der Waals surface area contributed by atoms with Crippen LogP contribution in [-0.4, -0.2) is 178 Å². The monoisotopic (exact) mass is 748 g/mol. The Morgan fingerprint density at radius 2 is 0.400 bits per heavy atom. The molecule has 302 valence electrons. The SMILES string of the molecule is CCCCCCOCCOCCOCCOCCOCCOCCOCCOCCOCCOCCOCCOCCOCCCCCCCl. The summed E-state index contributed by atoms with van der Waals surface area (Å²) in [5.41, 5.74) is 0. The van der Waals surface area contributed by atoms with Gasteiger partial charge in [0.1, 0.15) is 0 Å². The van der Waals surface area contributed by atoms with E-state index in [2.05, 4.69) is 6.92 Å². The van der Waals surface area contributed by atoms with Gasteiger partial charge in [-0.2, -0.15) is 0 Å². The van der Waals surface area contributed by atoms with E-state index < -0.39 is 0 Å². The second-order valence-corrected chi connectivity index (χ2v) is 11.5. The number of rotatable bonds is 47. The van der Waals surface area contributed by atoms with Crippen LogP contribution in [0, 0.1) is 0 Å². The standard InChI is InChI=1S/C36H73ClO13/c1-2-3-4-8-11-38-13-15-40-17-19-42-21-23-44-25-27-46-29-31-48-33-35-50-36-34-49-32-30-47-28-26-45-24-22-43-20-18-41-16-14-39-12-9-6-5-7-10-37/h2-36H2,1H3. The summed E-state index contributed by atoms with van der Waals surface area (Å²) in [6.45, 7) is 16.8. The van der Waals surface area contributed by atoms with Crippen LogP contribution in [0.3, 0.4) is 0 Å². The predicted octanol–water partition coefficient (Wildman–Crippen LogP) is 4.58. The topological polar surface area (TPSA) is 120 Å². The third-order valence-electron chi connectivity index (χ3n) is 6.78. The van der Waals surface area contributed by atoms with Crippen molar-refractivity contribution in [3.8, 4) is 0 Å². The minimum Gasteiger partial charge on any atom is -0.379 e. The fourth-order valence-corrected chi connectivity index (χ4v) is 4.21. The van der Waals surface area contributed by atoms with Gasteiger partial charge in [-0.15, -0.1) is 11.6 Å². The summed E-state index contributed by atoms with van der Waals surface area (Å²) < 4.78 is 71.5. The number of ether oxygens (including phenoxy) is 13. The van der Waals surface area contributed by atoms with Crippen molar-refractivity contribution in [3.63, 3.8) is 0 Å². The molecular weight excluding hydrogens is 676 g/mol. The first-order chi connectivity index (χ1) is 24.9. The fraction of sp³-hybridized carbons (Fsp3) is 1.00. The first kappa shape index (κ1) is 49.8. The Morgan fingerprint density at radius 1 is 0.220 bits per heavy atom. The molecule has 0 spiro atoms. The Kier molecular flexibility index (Phi) is 48.5. The maximum absolute atomic E-state index is 5.66. The lowest BCUT2D eigenvalue weighted by atomic mass is 10.2. The van der Waals surface area contributed by atoms with Gasteiger partial charge in [0.15, 0.2) is 0 Å². The van der Waals surface area contributed by atoms with E-state index in [1.54, 1.807) is 0 Å². The van der Waals surface area contributed by atoms with Gasteiger partial charge >= 0.3 is 0 Å². The van der Waals surface area contributed by atoms with Crippen LogP contribution >= 0.6 is 11.6 Å². The lowest BCUT2D eigenvalue weighted by Crippen LogP contribution is -2.15. The van der Waals surface area contributed by atoms with Crippen LogP contribution < -0.4 is 0 Å². The molecule has 0 unspecified atom stereocenters. The highest BCUT2D eigenvalue weighted by Crippen LogP contribution is 2.01. The lowest BCUT2D eigenvalue weighted by Gasteiger charge is -2.09. The minimum atomic E-state index is 0.514. The molecule has 14 heteroatoms. The highest BCUT2D eigenvalue weighted by molar-refractivity contribution is 6.17. The normalized spacial score (nSPS) is 11.6. The van der Waals surface area contributed by atoms with Crippen LogP contribution in [0.15, 0.2) is 0 Å². The molecule has 0 N–H and O–H groups in total. The summed E-state index contributed by atoms with van der Waals surface area (Å²) in [7, 11) is 0. The molecule has 0 heterocycles. The quantitative estimate of drug-likeness (QED) is 0.0639. The number of unbranched alkanes of at least 4 members (excludes halogenated alkanes) is 6. The van der Waals surface area contributed by atoms with Gasteiger partial charge in [0.05, 0.1) is 159 Å². The van der Waals surface area contributed by atoms with Gasteiger partial charge < -0.3 is 61.6 Å². The van der Waals surface area contributed by atoms with Crippen molar-refractivity contribution < 1.29 is 61.6 Å². The molecule has 0 saturated carbocycles. The zero-order valence-corrected chi connectivity index (χ0v) is 32.2. The van der Waals surface area contributed by atoms with Gasteiger partial charge in [-0.25, -0.2) is 0 Å². The summed E-state index contributed by atoms with van der Waals surface area (Å²) in [5, 5.41) is 0. The van der Waals surface area contributed by atoms with E-state index in [1.165, 1.54) is 32.1 Å². The fourth-order valence-electron chi connectivity index (χ4n) is 4.02. The van der Waals surface area contributed by atoms with Crippen LogP contribution in [0.2, 0.25) is 0 Å². The van der Waals surface area contributed by atoms with Gasteiger partial charge in [-0.05, 0) is 19.3 Å². The molecule has 0 saturated heterocycles. The van der Waals surface area contributed by atoms with Crippen LogP contribution in [0.5, 0.6) is 0 Å². The number of alkyl halides is 1. The average Bonchev–Trinajstić information content (AvgIpc) is 3.13. The number of hydrogen-bond acceptors (Lipinski definition) is 13.